The monoisotopic (exact) mass is 268 g/mol. The Labute approximate surface area is 107 Å². The Morgan fingerprint density at radius 3 is 2.88 bits per heavy atom. The molecule has 88 valence electrons. The third-order valence-electron chi connectivity index (χ3n) is 2.07. The number of hydrogen-bond donors (Lipinski definition) is 1. The van der Waals surface area contributed by atoms with Crippen LogP contribution in [0.1, 0.15) is 6.42 Å². The average molecular weight is 269 g/mol. The zero-order valence-electron chi connectivity index (χ0n) is 8.77. The van der Waals surface area contributed by atoms with Gasteiger partial charge in [0.1, 0.15) is 0 Å². The van der Waals surface area contributed by atoms with Gasteiger partial charge in [0.05, 0.1) is 27.9 Å². The van der Waals surface area contributed by atoms with E-state index >= 15 is 0 Å². The summed E-state index contributed by atoms with van der Waals surface area (Å²) in [5, 5.41) is 3.71. The van der Waals surface area contributed by atoms with E-state index in [0.29, 0.717) is 21.5 Å². The zero-order chi connectivity index (χ0) is 12.3. The Bertz CT molecular complexity index is 502. The molecular formula is C11H9ClN2O2S. The van der Waals surface area contributed by atoms with Gasteiger partial charge in [-0.2, -0.15) is 0 Å². The summed E-state index contributed by atoms with van der Waals surface area (Å²) in [6.45, 7) is 0. The fraction of sp³-hybridized carbons (Fsp3) is 0.182. The molecule has 0 saturated carbocycles. The van der Waals surface area contributed by atoms with Crippen LogP contribution in [0, 0.1) is 0 Å². The summed E-state index contributed by atoms with van der Waals surface area (Å²) in [6.07, 6.45) is 0.113. The number of thioether (sulfide) groups is 1. The van der Waals surface area contributed by atoms with Crippen molar-refractivity contribution in [1.82, 2.24) is 0 Å². The summed E-state index contributed by atoms with van der Waals surface area (Å²) < 4.78 is 0. The van der Waals surface area contributed by atoms with Crippen molar-refractivity contribution in [2.45, 2.75) is 6.42 Å². The van der Waals surface area contributed by atoms with Gasteiger partial charge in [-0.25, -0.2) is 4.99 Å². The molecule has 4 nitrogen and oxygen atoms in total. The maximum Gasteiger partial charge on any atom is 0.256 e. The van der Waals surface area contributed by atoms with Crippen LogP contribution >= 0.6 is 23.4 Å². The van der Waals surface area contributed by atoms with E-state index in [-0.39, 0.29) is 18.2 Å². The molecule has 0 aromatic heterocycles. The van der Waals surface area contributed by atoms with Gasteiger partial charge in [0.15, 0.2) is 0 Å². The minimum Gasteiger partial charge on any atom is -0.324 e. The summed E-state index contributed by atoms with van der Waals surface area (Å²) in [7, 11) is 0. The first-order valence-corrected chi connectivity index (χ1v) is 6.29. The Hall–Kier alpha value is -1.33. The molecule has 0 saturated heterocycles. The van der Waals surface area contributed by atoms with Crippen LogP contribution < -0.4 is 5.32 Å². The van der Waals surface area contributed by atoms with Crippen molar-refractivity contribution in [2.24, 2.45) is 4.99 Å². The van der Waals surface area contributed by atoms with E-state index in [1.807, 2.05) is 0 Å². The number of carbonyl (C=O) groups is 2. The molecule has 0 fully saturated rings. The smallest absolute Gasteiger partial charge is 0.256 e. The van der Waals surface area contributed by atoms with E-state index in [4.69, 9.17) is 11.6 Å². The van der Waals surface area contributed by atoms with E-state index in [2.05, 4.69) is 10.3 Å². The van der Waals surface area contributed by atoms with Crippen molar-refractivity contribution >= 4 is 45.9 Å². The van der Waals surface area contributed by atoms with Gasteiger partial charge in [-0.1, -0.05) is 23.7 Å². The number of halogens is 1. The maximum absolute atomic E-state index is 11.7. The van der Waals surface area contributed by atoms with Gasteiger partial charge in [0.2, 0.25) is 5.91 Å². The minimum atomic E-state index is -0.223. The largest absolute Gasteiger partial charge is 0.324 e. The molecule has 1 heterocycles. The lowest BCUT2D eigenvalue weighted by Gasteiger charge is -2.06. The Morgan fingerprint density at radius 2 is 2.24 bits per heavy atom. The highest BCUT2D eigenvalue weighted by Crippen LogP contribution is 2.21. The lowest BCUT2D eigenvalue weighted by Crippen LogP contribution is -2.14. The molecule has 6 heteroatoms. The molecular weight excluding hydrogens is 260 g/mol. The molecule has 1 aliphatic heterocycles. The van der Waals surface area contributed by atoms with Crippen molar-refractivity contribution in [1.29, 1.82) is 0 Å². The first-order chi connectivity index (χ1) is 8.15. The fourth-order valence-electron chi connectivity index (χ4n) is 1.33. The Balaban J connectivity index is 1.96. The number of rotatable bonds is 3. The van der Waals surface area contributed by atoms with E-state index < -0.39 is 0 Å². The third-order valence-corrected chi connectivity index (χ3v) is 3.36. The Kier molecular flexibility index (Phi) is 3.81. The summed E-state index contributed by atoms with van der Waals surface area (Å²) in [6, 6.07) is 6.98. The van der Waals surface area contributed by atoms with Crippen LogP contribution in [0.15, 0.2) is 29.3 Å². The molecule has 2 rings (SSSR count). The number of para-hydroxylation sites is 1. The predicted molar refractivity (Wildman–Crippen MR) is 69.6 cm³/mol. The molecule has 0 unspecified atom stereocenters. The van der Waals surface area contributed by atoms with Crippen LogP contribution in [0.5, 0.6) is 0 Å². The van der Waals surface area contributed by atoms with Gasteiger partial charge in [0, 0.05) is 0 Å². The first kappa shape index (κ1) is 12.1. The van der Waals surface area contributed by atoms with Gasteiger partial charge >= 0.3 is 0 Å². The van der Waals surface area contributed by atoms with Crippen LogP contribution in [0.25, 0.3) is 0 Å². The van der Waals surface area contributed by atoms with Gasteiger partial charge in [-0.05, 0) is 12.1 Å². The highest BCUT2D eigenvalue weighted by molar-refractivity contribution is 8.15. The van der Waals surface area contributed by atoms with Gasteiger partial charge in [0.25, 0.3) is 5.91 Å². The van der Waals surface area contributed by atoms with Crippen LogP contribution in [-0.2, 0) is 9.59 Å². The first-order valence-electron chi connectivity index (χ1n) is 4.93. The van der Waals surface area contributed by atoms with E-state index in [1.54, 1.807) is 24.3 Å². The van der Waals surface area contributed by atoms with Gasteiger partial charge in [-0.15, -0.1) is 11.8 Å². The summed E-state index contributed by atoms with van der Waals surface area (Å²) >= 11 is 7.20. The number of amides is 2. The fourth-order valence-corrected chi connectivity index (χ4v) is 2.27. The van der Waals surface area contributed by atoms with Gasteiger partial charge in [-0.3, -0.25) is 9.59 Å². The molecule has 0 aliphatic carbocycles. The van der Waals surface area contributed by atoms with Crippen molar-refractivity contribution in [3.8, 4) is 0 Å². The summed E-state index contributed by atoms with van der Waals surface area (Å²) in [5.41, 5.74) is 0.564. The van der Waals surface area contributed by atoms with E-state index in [0.717, 1.165) is 0 Å². The molecule has 0 bridgehead atoms. The Morgan fingerprint density at radius 1 is 1.47 bits per heavy atom. The van der Waals surface area contributed by atoms with Crippen molar-refractivity contribution in [3.63, 3.8) is 0 Å². The number of benzene rings is 1. The molecule has 1 aromatic rings. The second-order valence-electron chi connectivity index (χ2n) is 3.39. The molecule has 0 radical (unpaired) electrons. The number of nitrogens with one attached hydrogen (secondary N) is 1. The topological polar surface area (TPSA) is 58.5 Å². The molecule has 0 atom stereocenters. The highest BCUT2D eigenvalue weighted by atomic mass is 35.5. The van der Waals surface area contributed by atoms with E-state index in [9.17, 15) is 9.59 Å². The summed E-state index contributed by atoms with van der Waals surface area (Å²) in [4.78, 5) is 26.3. The number of carbonyl (C=O) groups excluding carboxylic acids is 2. The van der Waals surface area contributed by atoms with Crippen molar-refractivity contribution in [2.75, 3.05) is 11.1 Å². The number of nitrogens with zero attached hydrogens (tertiary/aromatic N) is 1. The minimum absolute atomic E-state index is 0.113. The molecule has 1 aromatic carbocycles. The molecule has 2 amide bonds. The average Bonchev–Trinajstić information content (AvgIpc) is 2.67. The SMILES string of the molecule is O=C1CSC(CC(=O)Nc2ccccc2Cl)=N1. The second-order valence-corrected chi connectivity index (χ2v) is 4.85. The van der Waals surface area contributed by atoms with Gasteiger partial charge < -0.3 is 5.32 Å². The lowest BCUT2D eigenvalue weighted by atomic mass is 10.3. The maximum atomic E-state index is 11.7. The molecule has 0 spiro atoms. The molecule has 1 aliphatic rings. The van der Waals surface area contributed by atoms with Crippen LogP contribution in [0.4, 0.5) is 5.69 Å². The second kappa shape index (κ2) is 5.33. The zero-order valence-corrected chi connectivity index (χ0v) is 10.3. The predicted octanol–water partition coefficient (Wildman–Crippen LogP) is 2.34. The highest BCUT2D eigenvalue weighted by Gasteiger charge is 2.17. The van der Waals surface area contributed by atoms with Crippen LogP contribution in [0.3, 0.4) is 0 Å². The standard InChI is InChI=1S/C11H9ClN2O2S/c12-7-3-1-2-4-8(7)13-9(15)5-11-14-10(16)6-17-11/h1-4H,5-6H2,(H,13,15). The molecule has 17 heavy (non-hydrogen) atoms. The normalized spacial score (nSPS) is 14.6. The number of aliphatic imine (C=N–C) groups is 1. The lowest BCUT2D eigenvalue weighted by molar-refractivity contribution is -0.115. The van der Waals surface area contributed by atoms with E-state index in [1.165, 1.54) is 11.8 Å². The number of hydrogen-bond acceptors (Lipinski definition) is 3. The van der Waals surface area contributed by atoms with Crippen molar-refractivity contribution in [3.05, 3.63) is 29.3 Å². The molecule has 1 N–H and O–H groups in total. The quantitative estimate of drug-likeness (QED) is 0.915. The third kappa shape index (κ3) is 3.31. The van der Waals surface area contributed by atoms with Crippen LogP contribution in [0.2, 0.25) is 5.02 Å². The van der Waals surface area contributed by atoms with Crippen LogP contribution in [-0.4, -0.2) is 22.6 Å². The van der Waals surface area contributed by atoms with Crippen molar-refractivity contribution < 1.29 is 9.59 Å². The number of anilines is 1. The summed E-state index contributed by atoms with van der Waals surface area (Å²) in [5.74, 6) is -0.0797.